The van der Waals surface area contributed by atoms with Crippen LogP contribution in [-0.4, -0.2) is 5.91 Å². The third-order valence-electron chi connectivity index (χ3n) is 3.03. The van der Waals surface area contributed by atoms with E-state index < -0.39 is 11.6 Å². The van der Waals surface area contributed by atoms with Crippen LogP contribution in [0.2, 0.25) is 0 Å². The molecule has 0 aliphatic carbocycles. The summed E-state index contributed by atoms with van der Waals surface area (Å²) in [4.78, 5) is 11.6. The molecule has 1 aromatic carbocycles. The lowest BCUT2D eigenvalue weighted by molar-refractivity contribution is -0.116. The van der Waals surface area contributed by atoms with Gasteiger partial charge in [0.25, 0.3) is 0 Å². The molecule has 0 spiro atoms. The lowest BCUT2D eigenvalue weighted by atomic mass is 10.1. The Bertz CT molecular complexity index is 428. The van der Waals surface area contributed by atoms with Gasteiger partial charge in [0.1, 0.15) is 5.69 Å². The zero-order valence-corrected chi connectivity index (χ0v) is 13.2. The van der Waals surface area contributed by atoms with Crippen LogP contribution in [0.4, 0.5) is 14.5 Å². The molecule has 112 valence electrons. The third kappa shape index (κ3) is 5.99. The first kappa shape index (κ1) is 17.1. The maximum Gasteiger partial charge on any atom is 0.224 e. The summed E-state index contributed by atoms with van der Waals surface area (Å²) in [6, 6.07) is 2.26. The van der Waals surface area contributed by atoms with Gasteiger partial charge in [0.05, 0.1) is 0 Å². The summed E-state index contributed by atoms with van der Waals surface area (Å²) in [5.74, 6) is -1.89. The van der Waals surface area contributed by atoms with E-state index in [4.69, 9.17) is 0 Å². The van der Waals surface area contributed by atoms with Gasteiger partial charge in [-0.25, -0.2) is 8.78 Å². The van der Waals surface area contributed by atoms with Crippen LogP contribution in [-0.2, 0) is 4.79 Å². The summed E-state index contributed by atoms with van der Waals surface area (Å²) in [5.41, 5.74) is -0.371. The molecular formula is C15H20BrF2NO. The zero-order valence-electron chi connectivity index (χ0n) is 11.6. The SMILES string of the molecule is CCCCCCCCC(=O)Nc1c(F)cc(Br)cc1F. The molecule has 1 amide bonds. The number of amides is 1. The molecule has 0 aromatic heterocycles. The van der Waals surface area contributed by atoms with Crippen molar-refractivity contribution in [2.45, 2.75) is 51.9 Å². The van der Waals surface area contributed by atoms with Gasteiger partial charge in [-0.2, -0.15) is 0 Å². The maximum absolute atomic E-state index is 13.5. The number of anilines is 1. The van der Waals surface area contributed by atoms with Crippen molar-refractivity contribution >= 4 is 27.5 Å². The van der Waals surface area contributed by atoms with Crippen LogP contribution in [0.1, 0.15) is 51.9 Å². The molecule has 0 fully saturated rings. The largest absolute Gasteiger partial charge is 0.321 e. The smallest absolute Gasteiger partial charge is 0.224 e. The van der Waals surface area contributed by atoms with Gasteiger partial charge in [-0.3, -0.25) is 4.79 Å². The van der Waals surface area contributed by atoms with E-state index >= 15 is 0 Å². The molecule has 1 aromatic rings. The number of carbonyl (C=O) groups excluding carboxylic acids is 1. The minimum absolute atomic E-state index is 0.293. The van der Waals surface area contributed by atoms with Crippen molar-refractivity contribution < 1.29 is 13.6 Å². The standard InChI is InChI=1S/C15H20BrF2NO/c1-2-3-4-5-6-7-8-14(20)19-15-12(17)9-11(16)10-13(15)18/h9-10H,2-8H2,1H3,(H,19,20). The lowest BCUT2D eigenvalue weighted by Crippen LogP contribution is -2.13. The molecular weight excluding hydrogens is 328 g/mol. The monoisotopic (exact) mass is 347 g/mol. The molecule has 5 heteroatoms. The van der Waals surface area contributed by atoms with Crippen LogP contribution >= 0.6 is 15.9 Å². The topological polar surface area (TPSA) is 29.1 Å². The highest BCUT2D eigenvalue weighted by Crippen LogP contribution is 2.24. The molecule has 1 N–H and O–H groups in total. The molecule has 0 aliphatic rings. The second-order valence-electron chi connectivity index (χ2n) is 4.81. The number of hydrogen-bond donors (Lipinski definition) is 1. The average molecular weight is 348 g/mol. The molecule has 0 radical (unpaired) electrons. The van der Waals surface area contributed by atoms with Crippen LogP contribution in [0.3, 0.4) is 0 Å². The number of carbonyl (C=O) groups is 1. The maximum atomic E-state index is 13.5. The van der Waals surface area contributed by atoms with E-state index in [1.807, 2.05) is 0 Å². The Labute approximate surface area is 127 Å². The quantitative estimate of drug-likeness (QED) is 0.625. The van der Waals surface area contributed by atoms with Gasteiger partial charge in [0.2, 0.25) is 5.91 Å². The highest BCUT2D eigenvalue weighted by Gasteiger charge is 2.13. The van der Waals surface area contributed by atoms with E-state index in [1.54, 1.807) is 0 Å². The Kier molecular flexibility index (Phi) is 7.73. The Balaban J connectivity index is 2.36. The van der Waals surface area contributed by atoms with Crippen LogP contribution < -0.4 is 5.32 Å². The normalized spacial score (nSPS) is 10.6. The van der Waals surface area contributed by atoms with E-state index in [-0.39, 0.29) is 11.6 Å². The Morgan fingerprint density at radius 3 is 2.25 bits per heavy atom. The summed E-state index contributed by atoms with van der Waals surface area (Å²) in [7, 11) is 0. The van der Waals surface area contributed by atoms with E-state index in [1.165, 1.54) is 19.3 Å². The van der Waals surface area contributed by atoms with Crippen molar-refractivity contribution in [3.05, 3.63) is 28.2 Å². The molecule has 20 heavy (non-hydrogen) atoms. The van der Waals surface area contributed by atoms with Crippen molar-refractivity contribution in [1.29, 1.82) is 0 Å². The van der Waals surface area contributed by atoms with Gasteiger partial charge in [-0.05, 0) is 18.6 Å². The molecule has 0 unspecified atom stereocenters. The number of nitrogens with one attached hydrogen (secondary N) is 1. The number of benzene rings is 1. The van der Waals surface area contributed by atoms with Crippen molar-refractivity contribution in [2.24, 2.45) is 0 Å². The molecule has 0 bridgehead atoms. The number of rotatable bonds is 8. The van der Waals surface area contributed by atoms with E-state index in [9.17, 15) is 13.6 Å². The van der Waals surface area contributed by atoms with Crippen molar-refractivity contribution in [3.63, 3.8) is 0 Å². The summed E-state index contributed by atoms with van der Waals surface area (Å²) >= 11 is 2.99. The fourth-order valence-corrected chi connectivity index (χ4v) is 2.33. The van der Waals surface area contributed by atoms with Crippen LogP contribution in [0.5, 0.6) is 0 Å². The van der Waals surface area contributed by atoms with Gasteiger partial charge in [-0.1, -0.05) is 55.0 Å². The predicted molar refractivity (Wildman–Crippen MR) is 80.7 cm³/mol. The number of unbranched alkanes of at least 4 members (excludes halogenated alkanes) is 5. The molecule has 0 saturated heterocycles. The molecule has 0 heterocycles. The third-order valence-corrected chi connectivity index (χ3v) is 3.49. The van der Waals surface area contributed by atoms with Crippen molar-refractivity contribution in [3.8, 4) is 0 Å². The first-order valence-corrected chi connectivity index (χ1v) is 7.78. The first-order chi connectivity index (χ1) is 9.54. The average Bonchev–Trinajstić information content (AvgIpc) is 2.38. The second-order valence-corrected chi connectivity index (χ2v) is 5.73. The van der Waals surface area contributed by atoms with E-state index in [0.29, 0.717) is 10.9 Å². The van der Waals surface area contributed by atoms with Gasteiger partial charge in [0.15, 0.2) is 11.6 Å². The highest BCUT2D eigenvalue weighted by molar-refractivity contribution is 9.10. The fraction of sp³-hybridized carbons (Fsp3) is 0.533. The van der Waals surface area contributed by atoms with Gasteiger partial charge < -0.3 is 5.32 Å². The Morgan fingerprint density at radius 2 is 1.65 bits per heavy atom. The summed E-state index contributed by atoms with van der Waals surface area (Å²) in [6.07, 6.45) is 6.68. The highest BCUT2D eigenvalue weighted by atomic mass is 79.9. The van der Waals surface area contributed by atoms with E-state index in [0.717, 1.165) is 31.4 Å². The zero-order chi connectivity index (χ0) is 15.0. The summed E-state index contributed by atoms with van der Waals surface area (Å²) in [5, 5.41) is 2.30. The molecule has 0 saturated carbocycles. The van der Waals surface area contributed by atoms with Gasteiger partial charge in [-0.15, -0.1) is 0 Å². The minimum Gasteiger partial charge on any atom is -0.321 e. The van der Waals surface area contributed by atoms with Gasteiger partial charge >= 0.3 is 0 Å². The van der Waals surface area contributed by atoms with Crippen molar-refractivity contribution in [2.75, 3.05) is 5.32 Å². The Hall–Kier alpha value is -0.970. The van der Waals surface area contributed by atoms with Crippen LogP contribution in [0.15, 0.2) is 16.6 Å². The minimum atomic E-state index is -0.770. The molecule has 1 rings (SSSR count). The predicted octanol–water partition coefficient (Wildman–Crippen LogP) is 5.42. The number of halogens is 3. The summed E-state index contributed by atoms with van der Waals surface area (Å²) in [6.45, 7) is 2.15. The van der Waals surface area contributed by atoms with Gasteiger partial charge in [0, 0.05) is 10.9 Å². The molecule has 0 atom stereocenters. The van der Waals surface area contributed by atoms with E-state index in [2.05, 4.69) is 28.2 Å². The van der Waals surface area contributed by atoms with Crippen molar-refractivity contribution in [1.82, 2.24) is 0 Å². The summed E-state index contributed by atoms with van der Waals surface area (Å²) < 4.78 is 27.3. The lowest BCUT2D eigenvalue weighted by Gasteiger charge is -2.08. The van der Waals surface area contributed by atoms with Crippen LogP contribution in [0.25, 0.3) is 0 Å². The molecule has 0 aliphatic heterocycles. The second kappa shape index (κ2) is 9.06. The fourth-order valence-electron chi connectivity index (χ4n) is 1.93. The number of hydrogen-bond acceptors (Lipinski definition) is 1. The van der Waals surface area contributed by atoms with Crippen LogP contribution in [0, 0.1) is 11.6 Å². The molecule has 2 nitrogen and oxygen atoms in total. The Morgan fingerprint density at radius 1 is 1.10 bits per heavy atom. The first-order valence-electron chi connectivity index (χ1n) is 6.99.